The summed E-state index contributed by atoms with van der Waals surface area (Å²) in [5, 5.41) is 4.92. The van der Waals surface area contributed by atoms with Crippen LogP contribution in [0.2, 0.25) is 0 Å². The van der Waals surface area contributed by atoms with E-state index in [0.29, 0.717) is 0 Å². The van der Waals surface area contributed by atoms with Crippen LogP contribution >= 0.6 is 0 Å². The largest absolute Gasteiger partial charge is 3.00 e. The second-order valence-corrected chi connectivity index (χ2v) is 6.00. The van der Waals surface area contributed by atoms with Crippen LogP contribution in [-0.4, -0.2) is 10.5 Å². The van der Waals surface area contributed by atoms with Crippen molar-refractivity contribution in [3.8, 4) is 0 Å². The molecule has 1 aromatic carbocycles. The molecule has 1 heterocycles. The third-order valence-corrected chi connectivity index (χ3v) is 3.31. The van der Waals surface area contributed by atoms with Crippen LogP contribution in [0.3, 0.4) is 0 Å². The summed E-state index contributed by atoms with van der Waals surface area (Å²) in [4.78, 5) is 3.29. The molecule has 1 atom stereocenters. The summed E-state index contributed by atoms with van der Waals surface area (Å²) in [6.07, 6.45) is 4.23. The van der Waals surface area contributed by atoms with Gasteiger partial charge in [0, 0.05) is 17.5 Å². The van der Waals surface area contributed by atoms with E-state index in [9.17, 15) is 0 Å². The molecule has 3 heteroatoms. The molecular weight excluding hydrogens is 304 g/mol. The Hall–Kier alpha value is -1.09. The van der Waals surface area contributed by atoms with Gasteiger partial charge in [-0.05, 0) is 17.7 Å². The van der Waals surface area contributed by atoms with Crippen molar-refractivity contribution in [3.05, 3.63) is 85.7 Å². The van der Waals surface area contributed by atoms with Crippen LogP contribution in [0.25, 0.3) is 10.9 Å². The van der Waals surface area contributed by atoms with E-state index >= 15 is 0 Å². The number of nitrogens with zero attached hydrogens (tertiary/aromatic N) is 1. The topological polar surface area (TPSA) is 29.9 Å². The second-order valence-electron chi connectivity index (χ2n) is 6.00. The van der Waals surface area contributed by atoms with E-state index in [2.05, 4.69) is 62.2 Å². The van der Waals surface area contributed by atoms with Gasteiger partial charge in [0.1, 0.15) is 0 Å². The Morgan fingerprint density at radius 2 is 1.68 bits per heavy atom. The molecule has 0 amide bonds. The molecule has 2 aromatic rings. The van der Waals surface area contributed by atoms with E-state index in [1.807, 2.05) is 12.3 Å². The first-order valence-corrected chi connectivity index (χ1v) is 6.71. The first-order chi connectivity index (χ1) is 9.04. The molecule has 0 spiro atoms. The standard InChI is InChI=1S/C17H19N2.2CH3.Ti/c1-17(2,3)19-16-11-14(15-9-6-10-18-15)12-7-4-5-8-13(12)16;;;/h4-11,16,18H,1-3H3;2*1H3;/q3*-1;+3. The van der Waals surface area contributed by atoms with Gasteiger partial charge in [-0.25, -0.2) is 0 Å². The molecule has 0 saturated heterocycles. The summed E-state index contributed by atoms with van der Waals surface area (Å²) in [6, 6.07) is 12.9. The quantitative estimate of drug-likeness (QED) is 0.551. The zero-order valence-corrected chi connectivity index (χ0v) is 15.7. The Labute approximate surface area is 150 Å². The Morgan fingerprint density at radius 3 is 2.27 bits per heavy atom. The van der Waals surface area contributed by atoms with Gasteiger partial charge in [-0.2, -0.15) is 0 Å². The van der Waals surface area contributed by atoms with Crippen molar-refractivity contribution >= 4 is 5.57 Å². The van der Waals surface area contributed by atoms with Crippen molar-refractivity contribution in [3.63, 3.8) is 0 Å². The minimum atomic E-state index is -0.0283. The summed E-state index contributed by atoms with van der Waals surface area (Å²) < 4.78 is 0. The summed E-state index contributed by atoms with van der Waals surface area (Å²) in [5.41, 5.74) is 5.00. The van der Waals surface area contributed by atoms with Crippen LogP contribution in [-0.2, 0) is 21.7 Å². The zero-order valence-electron chi connectivity index (χ0n) is 14.1. The van der Waals surface area contributed by atoms with Crippen molar-refractivity contribution in [2.75, 3.05) is 0 Å². The van der Waals surface area contributed by atoms with Gasteiger partial charge in [-0.15, -0.1) is 5.54 Å². The molecule has 1 aliphatic rings. The van der Waals surface area contributed by atoms with Crippen molar-refractivity contribution < 1.29 is 21.7 Å². The molecule has 1 aromatic heterocycles. The van der Waals surface area contributed by atoms with Gasteiger partial charge in [0.05, 0.1) is 0 Å². The maximum Gasteiger partial charge on any atom is 3.00 e. The van der Waals surface area contributed by atoms with Crippen molar-refractivity contribution in [1.29, 1.82) is 0 Å². The van der Waals surface area contributed by atoms with E-state index in [0.717, 1.165) is 0 Å². The molecule has 22 heavy (non-hydrogen) atoms. The fraction of sp³-hybridized carbons (Fsp3) is 0.263. The van der Waals surface area contributed by atoms with Crippen LogP contribution < -0.4 is 0 Å². The van der Waals surface area contributed by atoms with E-state index < -0.39 is 0 Å². The van der Waals surface area contributed by atoms with Crippen LogP contribution in [0, 0.1) is 14.9 Å². The zero-order chi connectivity index (χ0) is 13.5. The average Bonchev–Trinajstić information content (AvgIpc) is 2.95. The van der Waals surface area contributed by atoms with E-state index in [4.69, 9.17) is 5.32 Å². The molecule has 3 rings (SSSR count). The Morgan fingerprint density at radius 1 is 1.00 bits per heavy atom. The molecule has 1 aliphatic carbocycles. The Balaban J connectivity index is 0.00000147. The van der Waals surface area contributed by atoms with Gasteiger partial charge < -0.3 is 25.2 Å². The summed E-state index contributed by atoms with van der Waals surface area (Å²) >= 11 is 0. The van der Waals surface area contributed by atoms with Gasteiger partial charge in [0.2, 0.25) is 0 Å². The Kier molecular flexibility index (Phi) is 7.57. The first-order valence-electron chi connectivity index (χ1n) is 6.71. The van der Waals surface area contributed by atoms with Crippen LogP contribution in [0.15, 0.2) is 48.7 Å². The molecule has 0 fully saturated rings. The first kappa shape index (κ1) is 20.9. The average molecular weight is 329 g/mol. The minimum Gasteiger partial charge on any atom is -0.647 e. The minimum absolute atomic E-state index is 0. The number of hydrogen-bond acceptors (Lipinski definition) is 0. The van der Waals surface area contributed by atoms with Gasteiger partial charge in [0.25, 0.3) is 0 Å². The summed E-state index contributed by atoms with van der Waals surface area (Å²) in [5.74, 6) is 0. The molecule has 1 radical (unpaired) electrons. The molecule has 2 nitrogen and oxygen atoms in total. The van der Waals surface area contributed by atoms with E-state index in [-0.39, 0.29) is 48.2 Å². The van der Waals surface area contributed by atoms with Crippen molar-refractivity contribution in [1.82, 2.24) is 4.98 Å². The van der Waals surface area contributed by atoms with Gasteiger partial charge in [-0.1, -0.05) is 62.7 Å². The van der Waals surface area contributed by atoms with Crippen molar-refractivity contribution in [2.45, 2.75) is 32.4 Å². The molecule has 1 unspecified atom stereocenters. The van der Waals surface area contributed by atoms with E-state index in [1.165, 1.54) is 22.4 Å². The molecule has 0 saturated carbocycles. The molecule has 1 N–H and O–H groups in total. The Bertz CT molecular complexity index is 607. The van der Waals surface area contributed by atoms with E-state index in [1.54, 1.807) is 0 Å². The number of benzene rings is 1. The number of nitrogens with one attached hydrogen (secondary N) is 1. The maximum atomic E-state index is 4.92. The monoisotopic (exact) mass is 329 g/mol. The van der Waals surface area contributed by atoms with Crippen LogP contribution in [0.4, 0.5) is 0 Å². The van der Waals surface area contributed by atoms with Gasteiger partial charge >= 0.3 is 21.7 Å². The number of hydrogen-bond donors (Lipinski definition) is 1. The predicted octanol–water partition coefficient (Wildman–Crippen LogP) is 5.57. The molecule has 115 valence electrons. The normalized spacial score (nSPS) is 15.8. The molecule has 0 aliphatic heterocycles. The number of rotatable bonds is 2. The fourth-order valence-corrected chi connectivity index (χ4v) is 2.59. The number of fused-ring (bicyclic) bond motifs is 1. The van der Waals surface area contributed by atoms with Gasteiger partial charge in [-0.3, -0.25) is 0 Å². The molecule has 0 bridgehead atoms. The SMILES string of the molecule is CC(C)(C)[N-]C1C=C(c2ccc[nH]2)c2ccccc21.[CH3-].[CH3-].[Ti+3]. The second kappa shape index (κ2) is 7.96. The fourth-order valence-electron chi connectivity index (χ4n) is 2.59. The molecular formula is C19H25N2Ti. The van der Waals surface area contributed by atoms with Crippen molar-refractivity contribution in [2.24, 2.45) is 0 Å². The number of H-pyrrole nitrogens is 1. The summed E-state index contributed by atoms with van der Waals surface area (Å²) in [6.45, 7) is 6.45. The predicted molar refractivity (Wildman–Crippen MR) is 93.0 cm³/mol. The smallest absolute Gasteiger partial charge is 0.647 e. The maximum absolute atomic E-state index is 4.92. The third-order valence-electron chi connectivity index (χ3n) is 3.31. The number of aromatic amines is 1. The number of aromatic nitrogens is 1. The third kappa shape index (κ3) is 4.22. The van der Waals surface area contributed by atoms with Crippen LogP contribution in [0.5, 0.6) is 0 Å². The van der Waals surface area contributed by atoms with Crippen LogP contribution in [0.1, 0.15) is 43.6 Å². The van der Waals surface area contributed by atoms with Gasteiger partial charge in [0.15, 0.2) is 0 Å². The summed E-state index contributed by atoms with van der Waals surface area (Å²) in [7, 11) is 0.